The van der Waals surface area contributed by atoms with Gasteiger partial charge in [0.25, 0.3) is 5.91 Å². The molecule has 0 saturated heterocycles. The zero-order valence-electron chi connectivity index (χ0n) is 14.8. The van der Waals surface area contributed by atoms with Crippen molar-refractivity contribution in [3.05, 3.63) is 65.5 Å². The summed E-state index contributed by atoms with van der Waals surface area (Å²) in [6, 6.07) is 15.9. The van der Waals surface area contributed by atoms with Crippen LogP contribution < -0.4 is 5.32 Å². The van der Waals surface area contributed by atoms with Gasteiger partial charge < -0.3 is 5.32 Å². The Morgan fingerprint density at radius 3 is 2.65 bits per heavy atom. The number of rotatable bonds is 3. The number of nitrogens with zero attached hydrogens (tertiary/aromatic N) is 3. The first-order valence-electron chi connectivity index (χ1n) is 8.30. The Labute approximate surface area is 155 Å². The number of amides is 1. The van der Waals surface area contributed by atoms with Crippen molar-refractivity contribution in [2.45, 2.75) is 13.8 Å². The first-order chi connectivity index (χ1) is 12.5. The van der Waals surface area contributed by atoms with E-state index in [9.17, 15) is 4.79 Å². The molecule has 2 aromatic heterocycles. The van der Waals surface area contributed by atoms with Crippen LogP contribution in [0.2, 0.25) is 0 Å². The number of aryl methyl sites for hydroxylation is 2. The predicted octanol–water partition coefficient (Wildman–Crippen LogP) is 4.57. The number of thiazole rings is 1. The van der Waals surface area contributed by atoms with Crippen LogP contribution in [0, 0.1) is 13.8 Å². The lowest BCUT2D eigenvalue weighted by Gasteiger charge is -2.07. The fourth-order valence-electron chi connectivity index (χ4n) is 3.02. The molecule has 0 radical (unpaired) electrons. The predicted molar refractivity (Wildman–Crippen MR) is 106 cm³/mol. The third-order valence-electron chi connectivity index (χ3n) is 4.40. The molecule has 0 aliphatic heterocycles. The summed E-state index contributed by atoms with van der Waals surface area (Å²) in [5, 5.41) is 8.23. The lowest BCUT2D eigenvalue weighted by Crippen LogP contribution is -2.14. The minimum atomic E-state index is -0.144. The summed E-state index contributed by atoms with van der Waals surface area (Å²) in [5.41, 5.74) is 4.92. The molecule has 4 rings (SSSR count). The molecule has 26 heavy (non-hydrogen) atoms. The number of hydrogen-bond acceptors (Lipinski definition) is 4. The average Bonchev–Trinajstić information content (AvgIpc) is 3.16. The van der Waals surface area contributed by atoms with Gasteiger partial charge in [-0.05, 0) is 38.1 Å². The first kappa shape index (κ1) is 16.5. The van der Waals surface area contributed by atoms with E-state index in [0.29, 0.717) is 5.56 Å². The zero-order valence-corrected chi connectivity index (χ0v) is 15.6. The Bertz CT molecular complexity index is 1090. The van der Waals surface area contributed by atoms with Crippen molar-refractivity contribution in [2.24, 2.45) is 7.05 Å². The van der Waals surface area contributed by atoms with Crippen LogP contribution in [0.15, 0.2) is 48.5 Å². The molecule has 0 aliphatic carbocycles. The van der Waals surface area contributed by atoms with Crippen LogP contribution in [0.1, 0.15) is 21.7 Å². The summed E-state index contributed by atoms with van der Waals surface area (Å²) in [6.07, 6.45) is 0. The maximum Gasteiger partial charge on any atom is 0.259 e. The number of para-hydroxylation sites is 1. The standard InChI is InChI=1S/C20H18N4OS/c1-12-18(13(2)24(3)23-12)19(25)21-15-8-6-7-14(11-15)20-22-16-9-4-5-10-17(16)26-20/h4-11H,1-3H3,(H,21,25). The number of carbonyl (C=O) groups excluding carboxylic acids is 1. The quantitative estimate of drug-likeness (QED) is 0.581. The summed E-state index contributed by atoms with van der Waals surface area (Å²) in [4.78, 5) is 17.4. The lowest BCUT2D eigenvalue weighted by atomic mass is 10.1. The number of benzene rings is 2. The summed E-state index contributed by atoms with van der Waals surface area (Å²) in [5.74, 6) is -0.144. The molecule has 6 heteroatoms. The van der Waals surface area contributed by atoms with E-state index in [0.717, 1.165) is 37.9 Å². The van der Waals surface area contributed by atoms with Gasteiger partial charge in [-0.3, -0.25) is 9.48 Å². The number of fused-ring (bicyclic) bond motifs is 1. The molecule has 0 unspecified atom stereocenters. The molecule has 4 aromatic rings. The van der Waals surface area contributed by atoms with Gasteiger partial charge in [0, 0.05) is 24.0 Å². The van der Waals surface area contributed by atoms with E-state index in [1.54, 1.807) is 16.0 Å². The van der Waals surface area contributed by atoms with Crippen LogP contribution >= 0.6 is 11.3 Å². The van der Waals surface area contributed by atoms with E-state index in [1.807, 2.05) is 63.4 Å². The first-order valence-corrected chi connectivity index (χ1v) is 9.12. The molecule has 5 nitrogen and oxygen atoms in total. The molecule has 0 spiro atoms. The summed E-state index contributed by atoms with van der Waals surface area (Å²) in [6.45, 7) is 3.74. The van der Waals surface area contributed by atoms with E-state index in [1.165, 1.54) is 0 Å². The van der Waals surface area contributed by atoms with Crippen molar-refractivity contribution in [1.29, 1.82) is 0 Å². The highest BCUT2D eigenvalue weighted by molar-refractivity contribution is 7.21. The van der Waals surface area contributed by atoms with Crippen LogP contribution in [0.4, 0.5) is 5.69 Å². The normalized spacial score (nSPS) is 11.0. The van der Waals surface area contributed by atoms with Gasteiger partial charge >= 0.3 is 0 Å². The molecular weight excluding hydrogens is 344 g/mol. The fraction of sp³-hybridized carbons (Fsp3) is 0.150. The second-order valence-corrected chi connectivity index (χ2v) is 7.22. The smallest absolute Gasteiger partial charge is 0.259 e. The summed E-state index contributed by atoms with van der Waals surface area (Å²) >= 11 is 1.65. The van der Waals surface area contributed by atoms with Crippen molar-refractivity contribution < 1.29 is 4.79 Å². The van der Waals surface area contributed by atoms with Crippen molar-refractivity contribution >= 4 is 33.1 Å². The Kier molecular flexibility index (Phi) is 4.05. The van der Waals surface area contributed by atoms with Crippen molar-refractivity contribution in [3.63, 3.8) is 0 Å². The van der Waals surface area contributed by atoms with Crippen LogP contribution in [0.3, 0.4) is 0 Å². The van der Waals surface area contributed by atoms with E-state index < -0.39 is 0 Å². The molecule has 130 valence electrons. The average molecular weight is 362 g/mol. The van der Waals surface area contributed by atoms with Gasteiger partial charge in [0.2, 0.25) is 0 Å². The SMILES string of the molecule is Cc1nn(C)c(C)c1C(=O)Nc1cccc(-c2nc3ccccc3s2)c1. The minimum absolute atomic E-state index is 0.144. The van der Waals surface area contributed by atoms with Crippen LogP contribution in [-0.4, -0.2) is 20.7 Å². The minimum Gasteiger partial charge on any atom is -0.322 e. The molecule has 0 atom stereocenters. The van der Waals surface area contributed by atoms with Gasteiger partial charge in [0.15, 0.2) is 0 Å². The van der Waals surface area contributed by atoms with E-state index in [4.69, 9.17) is 0 Å². The molecule has 0 bridgehead atoms. The molecule has 2 heterocycles. The van der Waals surface area contributed by atoms with Crippen LogP contribution in [0.5, 0.6) is 0 Å². The van der Waals surface area contributed by atoms with E-state index in [-0.39, 0.29) is 5.91 Å². The molecule has 0 fully saturated rings. The largest absolute Gasteiger partial charge is 0.322 e. The Hall–Kier alpha value is -2.99. The van der Waals surface area contributed by atoms with Gasteiger partial charge in [-0.25, -0.2) is 4.98 Å². The number of nitrogens with one attached hydrogen (secondary N) is 1. The fourth-order valence-corrected chi connectivity index (χ4v) is 3.98. The molecular formula is C20H18N4OS. The molecule has 1 N–H and O–H groups in total. The molecule has 0 saturated carbocycles. The monoisotopic (exact) mass is 362 g/mol. The van der Waals surface area contributed by atoms with Gasteiger partial charge in [-0.1, -0.05) is 24.3 Å². The van der Waals surface area contributed by atoms with E-state index in [2.05, 4.69) is 21.5 Å². The highest BCUT2D eigenvalue weighted by atomic mass is 32.1. The van der Waals surface area contributed by atoms with Crippen molar-refractivity contribution in [3.8, 4) is 10.6 Å². The van der Waals surface area contributed by atoms with Crippen LogP contribution in [-0.2, 0) is 7.05 Å². The Balaban J connectivity index is 1.64. The molecule has 2 aromatic carbocycles. The zero-order chi connectivity index (χ0) is 18.3. The summed E-state index contributed by atoms with van der Waals surface area (Å²) < 4.78 is 2.88. The maximum atomic E-state index is 12.7. The number of hydrogen-bond donors (Lipinski definition) is 1. The molecule has 0 aliphatic rings. The topological polar surface area (TPSA) is 59.8 Å². The lowest BCUT2D eigenvalue weighted by molar-refractivity contribution is 0.102. The number of aromatic nitrogens is 3. The van der Waals surface area contributed by atoms with Gasteiger partial charge in [0.05, 0.1) is 21.5 Å². The van der Waals surface area contributed by atoms with Gasteiger partial charge in [-0.2, -0.15) is 5.10 Å². The number of carbonyl (C=O) groups is 1. The third kappa shape index (κ3) is 2.88. The Morgan fingerprint density at radius 1 is 1.12 bits per heavy atom. The van der Waals surface area contributed by atoms with E-state index >= 15 is 0 Å². The van der Waals surface area contributed by atoms with Gasteiger partial charge in [0.1, 0.15) is 5.01 Å². The second-order valence-electron chi connectivity index (χ2n) is 6.19. The molecule has 1 amide bonds. The van der Waals surface area contributed by atoms with Crippen molar-refractivity contribution in [2.75, 3.05) is 5.32 Å². The third-order valence-corrected chi connectivity index (χ3v) is 5.48. The highest BCUT2D eigenvalue weighted by Gasteiger charge is 2.17. The summed E-state index contributed by atoms with van der Waals surface area (Å²) in [7, 11) is 1.84. The van der Waals surface area contributed by atoms with Gasteiger partial charge in [-0.15, -0.1) is 11.3 Å². The maximum absolute atomic E-state index is 12.7. The highest BCUT2D eigenvalue weighted by Crippen LogP contribution is 2.31. The van der Waals surface area contributed by atoms with Crippen molar-refractivity contribution in [1.82, 2.24) is 14.8 Å². The second kappa shape index (κ2) is 6.38. The number of anilines is 1. The van der Waals surface area contributed by atoms with Crippen LogP contribution in [0.25, 0.3) is 20.8 Å². The Morgan fingerprint density at radius 2 is 1.92 bits per heavy atom.